The Morgan fingerprint density at radius 3 is 2.27 bits per heavy atom. The summed E-state index contributed by atoms with van der Waals surface area (Å²) in [6.45, 7) is 2.03. The van der Waals surface area contributed by atoms with Gasteiger partial charge >= 0.3 is 5.97 Å². The number of hydrogen-bond acceptors (Lipinski definition) is 3. The molecule has 0 aliphatic rings. The molecule has 0 saturated carbocycles. The van der Waals surface area contributed by atoms with Crippen LogP contribution in [0.2, 0.25) is 0 Å². The number of hydrogen-bond donors (Lipinski definition) is 0. The van der Waals surface area contributed by atoms with E-state index in [1.165, 1.54) is 26.4 Å². The topological polar surface area (TPSA) is 43.4 Å². The second-order valence-corrected chi connectivity index (χ2v) is 5.55. The average Bonchev–Trinajstić information content (AvgIpc) is 2.51. The minimum Gasteiger partial charge on any atom is -0.469 e. The number of ether oxygens (including phenoxy) is 1. The fraction of sp³-hybridized carbons (Fsp3) is 0.684. The van der Waals surface area contributed by atoms with E-state index in [-0.39, 0.29) is 5.97 Å². The maximum Gasteiger partial charge on any atom is 0.305 e. The molecule has 3 nitrogen and oxygen atoms in total. The molecule has 0 radical (unpaired) electrons. The van der Waals surface area contributed by atoms with Crippen LogP contribution in [-0.4, -0.2) is 18.9 Å². The minimum absolute atomic E-state index is 0.104. The third-order valence-corrected chi connectivity index (χ3v) is 3.46. The number of methoxy groups -OCH3 is 1. The van der Waals surface area contributed by atoms with Gasteiger partial charge in [-0.3, -0.25) is 9.59 Å². The van der Waals surface area contributed by atoms with Gasteiger partial charge in [-0.15, -0.1) is 0 Å². The van der Waals surface area contributed by atoms with Crippen molar-refractivity contribution in [2.45, 2.75) is 77.6 Å². The molecule has 0 saturated heterocycles. The number of rotatable bonds is 14. The SMILES string of the molecule is CCCC(=O)C/C=C\C/C=C\CCCCCCCC(=O)OC. The van der Waals surface area contributed by atoms with Crippen molar-refractivity contribution in [3.63, 3.8) is 0 Å². The third-order valence-electron chi connectivity index (χ3n) is 3.46. The van der Waals surface area contributed by atoms with Crippen LogP contribution in [-0.2, 0) is 14.3 Å². The Morgan fingerprint density at radius 1 is 0.864 bits per heavy atom. The lowest BCUT2D eigenvalue weighted by Crippen LogP contribution is -1.98. The molecule has 0 aliphatic heterocycles. The zero-order chi connectivity index (χ0) is 16.5. The number of carbonyl (C=O) groups is 2. The first-order chi connectivity index (χ1) is 10.7. The molecule has 0 atom stereocenters. The molecule has 0 aromatic carbocycles. The summed E-state index contributed by atoms with van der Waals surface area (Å²) in [6.07, 6.45) is 18.8. The summed E-state index contributed by atoms with van der Waals surface area (Å²) in [4.78, 5) is 22.2. The standard InChI is InChI=1S/C19H32O3/c1-3-15-18(20)16-13-11-9-7-5-4-6-8-10-12-14-17-19(21)22-2/h5,7,11,13H,3-4,6,8-10,12,14-17H2,1-2H3/b7-5-,13-11-. The highest BCUT2D eigenvalue weighted by Crippen LogP contribution is 2.08. The molecule has 22 heavy (non-hydrogen) atoms. The molecule has 0 aliphatic carbocycles. The molecule has 0 unspecified atom stereocenters. The van der Waals surface area contributed by atoms with E-state index in [9.17, 15) is 9.59 Å². The first kappa shape index (κ1) is 20.6. The van der Waals surface area contributed by atoms with Gasteiger partial charge in [0.05, 0.1) is 7.11 Å². The van der Waals surface area contributed by atoms with Crippen LogP contribution in [0.3, 0.4) is 0 Å². The van der Waals surface area contributed by atoms with Crippen molar-refractivity contribution in [3.8, 4) is 0 Å². The van der Waals surface area contributed by atoms with Gasteiger partial charge in [-0.05, 0) is 32.1 Å². The van der Waals surface area contributed by atoms with Crippen molar-refractivity contribution >= 4 is 11.8 Å². The highest BCUT2D eigenvalue weighted by atomic mass is 16.5. The Kier molecular flexibility index (Phi) is 15.0. The van der Waals surface area contributed by atoms with Gasteiger partial charge in [0.15, 0.2) is 0 Å². The highest BCUT2D eigenvalue weighted by Gasteiger charge is 1.98. The molecule has 0 amide bonds. The Labute approximate surface area is 135 Å². The third kappa shape index (κ3) is 15.0. The predicted molar refractivity (Wildman–Crippen MR) is 91.8 cm³/mol. The second kappa shape index (κ2) is 16.0. The molecule has 0 N–H and O–H groups in total. The van der Waals surface area contributed by atoms with Crippen molar-refractivity contribution in [2.24, 2.45) is 0 Å². The molecule has 0 heterocycles. The first-order valence-corrected chi connectivity index (χ1v) is 8.59. The summed E-state index contributed by atoms with van der Waals surface area (Å²) in [6, 6.07) is 0. The van der Waals surface area contributed by atoms with Gasteiger partial charge in [-0.2, -0.15) is 0 Å². The molecule has 0 aromatic rings. The average molecular weight is 308 g/mol. The Hall–Kier alpha value is -1.38. The van der Waals surface area contributed by atoms with Gasteiger partial charge in [0.25, 0.3) is 0 Å². The summed E-state index contributed by atoms with van der Waals surface area (Å²) in [5.41, 5.74) is 0. The summed E-state index contributed by atoms with van der Waals surface area (Å²) < 4.78 is 4.60. The molecule has 0 rings (SSSR count). The fourth-order valence-electron chi connectivity index (χ4n) is 2.15. The molecule has 0 fully saturated rings. The lowest BCUT2D eigenvalue weighted by molar-refractivity contribution is -0.140. The van der Waals surface area contributed by atoms with Gasteiger partial charge in [0.2, 0.25) is 0 Å². The molecule has 0 aromatic heterocycles. The van der Waals surface area contributed by atoms with E-state index in [4.69, 9.17) is 0 Å². The van der Waals surface area contributed by atoms with Gasteiger partial charge in [0, 0.05) is 19.3 Å². The number of unbranched alkanes of at least 4 members (excludes halogenated alkanes) is 5. The van der Waals surface area contributed by atoms with Crippen molar-refractivity contribution < 1.29 is 14.3 Å². The van der Waals surface area contributed by atoms with Crippen LogP contribution in [0.1, 0.15) is 77.6 Å². The molecule has 0 spiro atoms. The van der Waals surface area contributed by atoms with Gasteiger partial charge in [-0.25, -0.2) is 0 Å². The smallest absolute Gasteiger partial charge is 0.305 e. The normalized spacial score (nSPS) is 11.4. The van der Waals surface area contributed by atoms with E-state index in [0.717, 1.165) is 32.1 Å². The second-order valence-electron chi connectivity index (χ2n) is 5.55. The van der Waals surface area contributed by atoms with E-state index < -0.39 is 0 Å². The highest BCUT2D eigenvalue weighted by molar-refractivity contribution is 5.79. The van der Waals surface area contributed by atoms with Crippen molar-refractivity contribution in [2.75, 3.05) is 7.11 Å². The number of esters is 1. The maximum atomic E-state index is 11.3. The lowest BCUT2D eigenvalue weighted by Gasteiger charge is -1.99. The van der Waals surface area contributed by atoms with E-state index in [1.54, 1.807) is 0 Å². The van der Waals surface area contributed by atoms with Crippen molar-refractivity contribution in [3.05, 3.63) is 24.3 Å². The fourth-order valence-corrected chi connectivity index (χ4v) is 2.15. The predicted octanol–water partition coefficient (Wildman–Crippen LogP) is 5.15. The van der Waals surface area contributed by atoms with Crippen LogP contribution >= 0.6 is 0 Å². The summed E-state index contributed by atoms with van der Waals surface area (Å²) in [7, 11) is 1.44. The van der Waals surface area contributed by atoms with Gasteiger partial charge in [0.1, 0.15) is 5.78 Å². The minimum atomic E-state index is -0.104. The monoisotopic (exact) mass is 308 g/mol. The quantitative estimate of drug-likeness (QED) is 0.253. The van der Waals surface area contributed by atoms with E-state index in [0.29, 0.717) is 25.0 Å². The Bertz CT molecular complexity index is 343. The Morgan fingerprint density at radius 2 is 1.55 bits per heavy atom. The molecule has 126 valence electrons. The summed E-state index contributed by atoms with van der Waals surface area (Å²) in [5.74, 6) is 0.224. The Balaban J connectivity index is 3.32. The first-order valence-electron chi connectivity index (χ1n) is 8.59. The van der Waals surface area contributed by atoms with Crippen LogP contribution in [0.15, 0.2) is 24.3 Å². The zero-order valence-corrected chi connectivity index (χ0v) is 14.3. The van der Waals surface area contributed by atoms with Crippen LogP contribution < -0.4 is 0 Å². The number of allylic oxidation sites excluding steroid dienone is 4. The summed E-state index contributed by atoms with van der Waals surface area (Å²) >= 11 is 0. The van der Waals surface area contributed by atoms with Crippen LogP contribution in [0.5, 0.6) is 0 Å². The van der Waals surface area contributed by atoms with Gasteiger partial charge in [-0.1, -0.05) is 50.5 Å². The number of carbonyl (C=O) groups excluding carboxylic acids is 2. The van der Waals surface area contributed by atoms with Crippen LogP contribution in [0.4, 0.5) is 0 Å². The molecular weight excluding hydrogens is 276 g/mol. The van der Waals surface area contributed by atoms with Crippen LogP contribution in [0, 0.1) is 0 Å². The van der Waals surface area contributed by atoms with Crippen LogP contribution in [0.25, 0.3) is 0 Å². The van der Waals surface area contributed by atoms with Crippen molar-refractivity contribution in [1.29, 1.82) is 0 Å². The summed E-state index contributed by atoms with van der Waals surface area (Å²) in [5, 5.41) is 0. The van der Waals surface area contributed by atoms with Gasteiger partial charge < -0.3 is 4.74 Å². The largest absolute Gasteiger partial charge is 0.469 e. The maximum absolute atomic E-state index is 11.3. The van der Waals surface area contributed by atoms with E-state index in [2.05, 4.69) is 23.0 Å². The zero-order valence-electron chi connectivity index (χ0n) is 14.3. The van der Waals surface area contributed by atoms with E-state index >= 15 is 0 Å². The number of Topliss-reactive ketones (excluding diaryl/α,β-unsaturated/α-hetero) is 1. The van der Waals surface area contributed by atoms with E-state index in [1.807, 2.05) is 13.0 Å². The number of ketones is 1. The lowest BCUT2D eigenvalue weighted by atomic mass is 10.1. The molecule has 3 heteroatoms. The molecule has 0 bridgehead atoms. The van der Waals surface area contributed by atoms with Crippen molar-refractivity contribution in [1.82, 2.24) is 0 Å². The molecular formula is C19H32O3.